The number of nitrogens with zero attached hydrogens (tertiary/aromatic N) is 1. The molecule has 0 radical (unpaired) electrons. The van der Waals surface area contributed by atoms with Gasteiger partial charge in [-0.05, 0) is 25.1 Å². The van der Waals surface area contributed by atoms with Gasteiger partial charge in [0.1, 0.15) is 22.0 Å². The highest BCUT2D eigenvalue weighted by Gasteiger charge is 2.41. The molecule has 0 aliphatic carbocycles. The Bertz CT molecular complexity index is 1580. The van der Waals surface area contributed by atoms with E-state index in [0.717, 1.165) is 15.9 Å². The molecule has 2 N–H and O–H groups in total. The summed E-state index contributed by atoms with van der Waals surface area (Å²) in [5, 5.41) is 0. The van der Waals surface area contributed by atoms with E-state index >= 15 is 0 Å². The molecule has 0 amide bonds. The van der Waals surface area contributed by atoms with Crippen LogP contribution in [0.2, 0.25) is 0 Å². The topological polar surface area (TPSA) is 119 Å². The van der Waals surface area contributed by atoms with Gasteiger partial charge in [0.15, 0.2) is 0 Å². The van der Waals surface area contributed by atoms with Gasteiger partial charge in [0.2, 0.25) is 0 Å². The number of esters is 2. The van der Waals surface area contributed by atoms with Crippen LogP contribution in [-0.2, 0) is 19.1 Å². The van der Waals surface area contributed by atoms with Gasteiger partial charge < -0.3 is 24.7 Å². The summed E-state index contributed by atoms with van der Waals surface area (Å²) in [5.74, 6) is -1.60. The number of rotatable bonds is 7. The van der Waals surface area contributed by atoms with E-state index in [1.807, 2.05) is 12.1 Å². The number of carbonyl (C=O) groups excluding carboxylic acids is 2. The van der Waals surface area contributed by atoms with Crippen molar-refractivity contribution in [1.29, 1.82) is 0 Å². The van der Waals surface area contributed by atoms with Crippen LogP contribution in [0.15, 0.2) is 58.9 Å². The number of nitrogens with two attached hydrogens (primary N) is 1. The second kappa shape index (κ2) is 10.8. The van der Waals surface area contributed by atoms with E-state index in [9.17, 15) is 14.4 Å². The van der Waals surface area contributed by atoms with Gasteiger partial charge in [0.05, 0.1) is 49.5 Å². The quantitative estimate of drug-likeness (QED) is 0.465. The second-order valence-corrected chi connectivity index (χ2v) is 8.93. The number of hydrogen-bond donors (Lipinski definition) is 1. The number of para-hydroxylation sites is 2. The summed E-state index contributed by atoms with van der Waals surface area (Å²) in [4.78, 5) is 40.1. The van der Waals surface area contributed by atoms with E-state index in [1.165, 1.54) is 21.3 Å². The number of ether oxygens (including phenoxy) is 4. The van der Waals surface area contributed by atoms with Crippen molar-refractivity contribution in [1.82, 2.24) is 4.57 Å². The van der Waals surface area contributed by atoms with Crippen LogP contribution in [0.25, 0.3) is 17.5 Å². The molecule has 37 heavy (non-hydrogen) atoms. The summed E-state index contributed by atoms with van der Waals surface area (Å²) in [6.07, 6.45) is 1.65. The summed E-state index contributed by atoms with van der Waals surface area (Å²) in [6, 6.07) is 14.2. The third-order valence-electron chi connectivity index (χ3n) is 5.92. The molecule has 1 aliphatic heterocycles. The second-order valence-electron chi connectivity index (χ2n) is 7.90. The lowest BCUT2D eigenvalue weighted by molar-refractivity contribution is -0.138. The fourth-order valence-electron chi connectivity index (χ4n) is 4.31. The zero-order valence-corrected chi connectivity index (χ0v) is 21.6. The minimum atomic E-state index is -1.00. The normalized spacial score (nSPS) is 15.3. The Hall–Kier alpha value is -4.31. The molecule has 0 unspecified atom stereocenters. The molecule has 3 aromatic rings. The van der Waals surface area contributed by atoms with Crippen molar-refractivity contribution in [3.05, 3.63) is 84.8 Å². The summed E-state index contributed by atoms with van der Waals surface area (Å²) in [7, 11) is 4.25. The Kier molecular flexibility index (Phi) is 7.49. The average Bonchev–Trinajstić information content (AvgIpc) is 3.24. The molecular formula is C27H26N2O7S. The molecule has 10 heteroatoms. The largest absolute Gasteiger partial charge is 0.496 e. The van der Waals surface area contributed by atoms with Gasteiger partial charge in [-0.1, -0.05) is 36.4 Å². The third kappa shape index (κ3) is 4.51. The molecule has 1 atom stereocenters. The fraction of sp³-hybridized carbons (Fsp3) is 0.222. The molecule has 0 saturated carbocycles. The number of aromatic nitrogens is 1. The first kappa shape index (κ1) is 25.8. The van der Waals surface area contributed by atoms with Crippen LogP contribution >= 0.6 is 11.3 Å². The first-order valence-electron chi connectivity index (χ1n) is 11.4. The van der Waals surface area contributed by atoms with Gasteiger partial charge in [0.25, 0.3) is 5.56 Å². The van der Waals surface area contributed by atoms with Crippen molar-refractivity contribution in [2.24, 2.45) is 5.73 Å². The standard InChI is InChI=1S/C27H26N2O7S/c1-5-36-27(32)21-20(16-11-7-9-13-18(16)34-3)22(26(31)35-4)25-29(23(21)28)24(30)19(37-25)14-15-10-6-8-12-17(15)33-2/h6-14,20H,5,28H2,1-4H3/b19-14+/t20-/m0/s1. The molecule has 2 heterocycles. The molecule has 0 spiro atoms. The number of hydrogen-bond acceptors (Lipinski definition) is 9. The highest BCUT2D eigenvalue weighted by Crippen LogP contribution is 2.41. The smallest absolute Gasteiger partial charge is 0.338 e. The van der Waals surface area contributed by atoms with E-state index < -0.39 is 23.4 Å². The highest BCUT2D eigenvalue weighted by atomic mass is 32.1. The number of benzene rings is 2. The van der Waals surface area contributed by atoms with E-state index in [4.69, 9.17) is 24.7 Å². The first-order valence-corrected chi connectivity index (χ1v) is 12.2. The third-order valence-corrected chi connectivity index (χ3v) is 7.03. The van der Waals surface area contributed by atoms with Crippen LogP contribution in [0.1, 0.15) is 24.0 Å². The maximum atomic E-state index is 13.6. The van der Waals surface area contributed by atoms with Crippen molar-refractivity contribution in [3.63, 3.8) is 0 Å². The van der Waals surface area contributed by atoms with E-state index in [0.29, 0.717) is 22.6 Å². The number of methoxy groups -OCH3 is 3. The molecule has 4 rings (SSSR count). The minimum absolute atomic E-state index is 0.0528. The van der Waals surface area contributed by atoms with E-state index in [2.05, 4.69) is 0 Å². The lowest BCUT2D eigenvalue weighted by Crippen LogP contribution is -2.41. The first-order chi connectivity index (χ1) is 17.9. The van der Waals surface area contributed by atoms with Crippen LogP contribution in [-0.4, -0.2) is 44.4 Å². The van der Waals surface area contributed by atoms with Crippen LogP contribution in [0, 0.1) is 0 Å². The van der Waals surface area contributed by atoms with Gasteiger partial charge in [-0.15, -0.1) is 11.3 Å². The summed E-state index contributed by atoms with van der Waals surface area (Å²) < 4.78 is 23.1. The zero-order chi connectivity index (χ0) is 26.7. The Morgan fingerprint density at radius 1 is 0.973 bits per heavy atom. The molecular weight excluding hydrogens is 496 g/mol. The van der Waals surface area contributed by atoms with Crippen LogP contribution in [0.5, 0.6) is 11.5 Å². The van der Waals surface area contributed by atoms with Gasteiger partial charge >= 0.3 is 11.9 Å². The number of fused-ring (bicyclic) bond motifs is 1. The molecule has 9 nitrogen and oxygen atoms in total. The Labute approximate surface area is 216 Å². The Morgan fingerprint density at radius 2 is 1.62 bits per heavy atom. The highest BCUT2D eigenvalue weighted by molar-refractivity contribution is 7.07. The van der Waals surface area contributed by atoms with Crippen molar-refractivity contribution in [2.75, 3.05) is 27.9 Å². The van der Waals surface area contributed by atoms with E-state index in [-0.39, 0.29) is 32.8 Å². The summed E-state index contributed by atoms with van der Waals surface area (Å²) >= 11 is 1.06. The predicted octanol–water partition coefficient (Wildman–Crippen LogP) is 1.57. The number of carbonyl (C=O) groups is 2. The van der Waals surface area contributed by atoms with E-state index in [1.54, 1.807) is 49.4 Å². The summed E-state index contributed by atoms with van der Waals surface area (Å²) in [6.45, 7) is 1.73. The molecule has 1 aliphatic rings. The maximum Gasteiger partial charge on any atom is 0.338 e. The molecule has 0 bridgehead atoms. The van der Waals surface area contributed by atoms with Crippen molar-refractivity contribution >= 4 is 40.7 Å². The van der Waals surface area contributed by atoms with Gasteiger partial charge in [0, 0.05) is 11.1 Å². The monoisotopic (exact) mass is 522 g/mol. The maximum absolute atomic E-state index is 13.6. The molecule has 192 valence electrons. The molecule has 0 fully saturated rings. The molecule has 1 aromatic heterocycles. The van der Waals surface area contributed by atoms with Crippen LogP contribution < -0.4 is 30.0 Å². The predicted molar refractivity (Wildman–Crippen MR) is 140 cm³/mol. The zero-order valence-electron chi connectivity index (χ0n) is 20.8. The Balaban J connectivity index is 2.15. The number of thiazole rings is 1. The van der Waals surface area contributed by atoms with Crippen molar-refractivity contribution in [2.45, 2.75) is 12.8 Å². The Morgan fingerprint density at radius 3 is 2.27 bits per heavy atom. The van der Waals surface area contributed by atoms with Crippen LogP contribution in [0.4, 0.5) is 0 Å². The summed E-state index contributed by atoms with van der Waals surface area (Å²) in [5.41, 5.74) is 7.20. The molecule has 0 saturated heterocycles. The lowest BCUT2D eigenvalue weighted by Gasteiger charge is -2.27. The molecule has 2 aromatic carbocycles. The fourth-order valence-corrected chi connectivity index (χ4v) is 5.46. The van der Waals surface area contributed by atoms with Gasteiger partial charge in [-0.25, -0.2) is 9.59 Å². The lowest BCUT2D eigenvalue weighted by atomic mass is 9.82. The van der Waals surface area contributed by atoms with Crippen LogP contribution in [0.3, 0.4) is 0 Å². The SMILES string of the molecule is CCOC(=O)C1=C(N)n2c(s/c(=C/c3ccccc3OC)c2=O)=C(C(=O)OC)[C@H]1c1ccccc1OC. The van der Waals surface area contributed by atoms with Crippen molar-refractivity contribution in [3.8, 4) is 11.5 Å². The average molecular weight is 523 g/mol. The van der Waals surface area contributed by atoms with Gasteiger partial charge in [-0.3, -0.25) is 9.36 Å². The minimum Gasteiger partial charge on any atom is -0.496 e. The van der Waals surface area contributed by atoms with Gasteiger partial charge in [-0.2, -0.15) is 0 Å². The van der Waals surface area contributed by atoms with Crippen molar-refractivity contribution < 1.29 is 28.5 Å².